The third-order valence-electron chi connectivity index (χ3n) is 10.4. The average molecular weight is 826 g/mol. The zero-order chi connectivity index (χ0) is 41.1. The van der Waals surface area contributed by atoms with E-state index in [1.165, 1.54) is 29.8 Å². The summed E-state index contributed by atoms with van der Waals surface area (Å²) in [6.07, 6.45) is 1.89. The van der Waals surface area contributed by atoms with Crippen LogP contribution in [0.3, 0.4) is 0 Å². The maximum Gasteiger partial charge on any atom is 0.282 e. The van der Waals surface area contributed by atoms with Crippen LogP contribution in [0.5, 0.6) is 5.75 Å². The highest BCUT2D eigenvalue weighted by Gasteiger charge is 2.40. The fourth-order valence-electron chi connectivity index (χ4n) is 6.19. The number of carbonyl (C=O) groups excluding carboxylic acids is 3. The van der Waals surface area contributed by atoms with Crippen LogP contribution in [0.25, 0.3) is 10.8 Å². The summed E-state index contributed by atoms with van der Waals surface area (Å²) in [6.45, 7) is 12.9. The van der Waals surface area contributed by atoms with Crippen LogP contribution in [0.1, 0.15) is 75.9 Å². The fraction of sp³-hybridized carbons (Fsp3) is 0.273. The second-order valence-electron chi connectivity index (χ2n) is 15.0. The second kappa shape index (κ2) is 17.1. The van der Waals surface area contributed by atoms with Crippen molar-refractivity contribution in [1.82, 2.24) is 5.32 Å². The summed E-state index contributed by atoms with van der Waals surface area (Å²) >= 11 is 19.0. The topological polar surface area (TPSA) is 125 Å². The number of halogens is 3. The summed E-state index contributed by atoms with van der Waals surface area (Å²) in [5.74, 6) is -1.01. The first-order chi connectivity index (χ1) is 27.1. The molecule has 1 atom stereocenters. The van der Waals surface area contributed by atoms with Crippen LogP contribution in [-0.2, 0) is 20.4 Å². The van der Waals surface area contributed by atoms with Gasteiger partial charge in [-0.25, -0.2) is 0 Å². The smallest absolute Gasteiger partial charge is 0.282 e. The average Bonchev–Trinajstić information content (AvgIpc) is 3.48. The van der Waals surface area contributed by atoms with Crippen LogP contribution < -0.4 is 20.4 Å². The monoisotopic (exact) mass is 824 g/mol. The Kier molecular flexibility index (Phi) is 12.4. The predicted molar refractivity (Wildman–Crippen MR) is 230 cm³/mol. The van der Waals surface area contributed by atoms with E-state index in [1.807, 2.05) is 42.5 Å². The number of hydrogen-bond acceptors (Lipinski definition) is 7. The molecular formula is C44H43Cl3N6O4. The number of benzene rings is 5. The summed E-state index contributed by atoms with van der Waals surface area (Å²) in [5.41, 5.74) is 3.42. The lowest BCUT2D eigenvalue weighted by Gasteiger charge is -2.30. The van der Waals surface area contributed by atoms with Crippen molar-refractivity contribution in [2.75, 3.05) is 16.9 Å². The van der Waals surface area contributed by atoms with Gasteiger partial charge in [0.1, 0.15) is 11.4 Å². The number of hydrazone groups is 1. The molecule has 0 bridgehead atoms. The van der Waals surface area contributed by atoms with Gasteiger partial charge in [-0.1, -0.05) is 125 Å². The van der Waals surface area contributed by atoms with Gasteiger partial charge >= 0.3 is 0 Å². The van der Waals surface area contributed by atoms with E-state index < -0.39 is 17.9 Å². The molecule has 0 aromatic heterocycles. The summed E-state index contributed by atoms with van der Waals surface area (Å²) in [6, 6.07) is 27.2. The Morgan fingerprint density at radius 1 is 0.825 bits per heavy atom. The van der Waals surface area contributed by atoms with E-state index >= 15 is 0 Å². The standard InChI is InChI=1S/C44H43Cl3N6O4/c1-7-43(3,4)28-18-21-36(32(22-28)44(5,6)8-2)57-25-37(54)48-30-19-16-27(17-20-30)41(55)49-40-38(51-50-35-15-11-13-26-12-9-10-14-31(26)35)42(56)53(52-40)39-33(46)23-29(45)24-34(39)47/h9-24,38H,7-8,25H2,1-6H3,(H,48,54)(H,49,52,55)/t38-/m1/s1. The number of anilines is 2. The number of carbonyl (C=O) groups is 3. The molecule has 0 radical (unpaired) electrons. The van der Waals surface area contributed by atoms with Crippen molar-refractivity contribution >= 4 is 86.2 Å². The predicted octanol–water partition coefficient (Wildman–Crippen LogP) is 11.4. The molecular weight excluding hydrogens is 783 g/mol. The van der Waals surface area contributed by atoms with Gasteiger partial charge in [-0.05, 0) is 83.2 Å². The summed E-state index contributed by atoms with van der Waals surface area (Å²) in [7, 11) is 0. The highest BCUT2D eigenvalue weighted by molar-refractivity contribution is 6.43. The van der Waals surface area contributed by atoms with E-state index in [9.17, 15) is 14.4 Å². The van der Waals surface area contributed by atoms with Gasteiger partial charge in [-0.15, -0.1) is 5.10 Å². The molecule has 1 aliphatic rings. The lowest BCUT2D eigenvalue weighted by atomic mass is 9.76. The van der Waals surface area contributed by atoms with Crippen LogP contribution in [-0.4, -0.2) is 36.2 Å². The van der Waals surface area contributed by atoms with Crippen LogP contribution in [0, 0.1) is 0 Å². The molecule has 13 heteroatoms. The summed E-state index contributed by atoms with van der Waals surface area (Å²) in [4.78, 5) is 40.5. The molecule has 5 aromatic rings. The van der Waals surface area contributed by atoms with Gasteiger partial charge in [0.15, 0.2) is 12.4 Å². The van der Waals surface area contributed by atoms with Crippen LogP contribution in [0.4, 0.5) is 17.1 Å². The molecule has 1 aliphatic heterocycles. The largest absolute Gasteiger partial charge is 0.483 e. The molecule has 6 rings (SSSR count). The number of fused-ring (bicyclic) bond motifs is 1. The zero-order valence-corrected chi connectivity index (χ0v) is 34.8. The number of ether oxygens (including phenoxy) is 1. The van der Waals surface area contributed by atoms with E-state index in [-0.39, 0.29) is 55.5 Å². The first kappa shape index (κ1) is 41.3. The van der Waals surface area contributed by atoms with Crippen molar-refractivity contribution in [2.24, 2.45) is 15.3 Å². The minimum Gasteiger partial charge on any atom is -0.483 e. The first-order valence-corrected chi connectivity index (χ1v) is 19.7. The Morgan fingerprint density at radius 2 is 1.49 bits per heavy atom. The Hall–Kier alpha value is -5.29. The third kappa shape index (κ3) is 9.14. The van der Waals surface area contributed by atoms with Gasteiger partial charge in [0.2, 0.25) is 6.04 Å². The number of azo groups is 1. The van der Waals surface area contributed by atoms with E-state index in [4.69, 9.17) is 39.5 Å². The van der Waals surface area contributed by atoms with Gasteiger partial charge < -0.3 is 15.4 Å². The van der Waals surface area contributed by atoms with Gasteiger partial charge in [-0.2, -0.15) is 15.2 Å². The summed E-state index contributed by atoms with van der Waals surface area (Å²) < 4.78 is 6.09. The SMILES string of the molecule is CCC(C)(C)c1ccc(OCC(=O)Nc2ccc(C(=O)NC3=NN(c4c(Cl)cc(Cl)cc4Cl)C(=O)[C@@H]3N=Nc3cccc4ccccc34)cc2)c(C(C)(C)CC)c1. The number of hydrogen-bond donors (Lipinski definition) is 2. The quantitative estimate of drug-likeness (QED) is 0.122. The second-order valence-corrected chi connectivity index (χ2v) is 16.3. The number of nitrogens with one attached hydrogen (secondary N) is 2. The van der Waals surface area contributed by atoms with Gasteiger partial charge in [0.05, 0.1) is 15.7 Å². The molecule has 2 N–H and O–H groups in total. The van der Waals surface area contributed by atoms with Crippen molar-refractivity contribution in [3.05, 3.63) is 129 Å². The maximum absolute atomic E-state index is 13.9. The van der Waals surface area contributed by atoms with E-state index in [0.717, 1.165) is 34.2 Å². The molecule has 0 saturated heterocycles. The van der Waals surface area contributed by atoms with Crippen LogP contribution in [0.2, 0.25) is 15.1 Å². The van der Waals surface area contributed by atoms with Crippen LogP contribution >= 0.6 is 34.8 Å². The highest BCUT2D eigenvalue weighted by Crippen LogP contribution is 2.40. The van der Waals surface area contributed by atoms with Crippen molar-refractivity contribution in [3.63, 3.8) is 0 Å². The molecule has 0 fully saturated rings. The summed E-state index contributed by atoms with van der Waals surface area (Å²) in [5, 5.41) is 21.9. The van der Waals surface area contributed by atoms with Crippen molar-refractivity contribution in [1.29, 1.82) is 0 Å². The van der Waals surface area contributed by atoms with E-state index in [2.05, 4.69) is 79.6 Å². The van der Waals surface area contributed by atoms with E-state index in [0.29, 0.717) is 17.1 Å². The number of amides is 3. The molecule has 1 heterocycles. The molecule has 5 aromatic carbocycles. The first-order valence-electron chi connectivity index (χ1n) is 18.6. The zero-order valence-electron chi connectivity index (χ0n) is 32.5. The maximum atomic E-state index is 13.9. The molecule has 0 spiro atoms. The van der Waals surface area contributed by atoms with Crippen LogP contribution in [0.15, 0.2) is 112 Å². The van der Waals surface area contributed by atoms with Crippen molar-refractivity contribution in [2.45, 2.75) is 71.3 Å². The lowest BCUT2D eigenvalue weighted by molar-refractivity contribution is -0.118. The van der Waals surface area contributed by atoms with E-state index in [1.54, 1.807) is 18.2 Å². The Morgan fingerprint density at radius 3 is 2.18 bits per heavy atom. The minimum absolute atomic E-state index is 0.00478. The molecule has 3 amide bonds. The van der Waals surface area contributed by atoms with Crippen molar-refractivity contribution in [3.8, 4) is 5.75 Å². The van der Waals surface area contributed by atoms with Crippen molar-refractivity contribution < 1.29 is 19.1 Å². The number of nitrogens with zero attached hydrogens (tertiary/aromatic N) is 4. The Balaban J connectivity index is 1.18. The number of rotatable bonds is 12. The molecule has 0 unspecified atom stereocenters. The Bertz CT molecular complexity index is 2380. The normalized spacial score (nSPS) is 14.6. The Labute approximate surface area is 347 Å². The molecule has 0 saturated carbocycles. The van der Waals surface area contributed by atoms with Gasteiger partial charge in [0, 0.05) is 27.2 Å². The third-order valence-corrected chi connectivity index (χ3v) is 11.2. The molecule has 57 heavy (non-hydrogen) atoms. The lowest BCUT2D eigenvalue weighted by Crippen LogP contribution is -2.39. The molecule has 294 valence electrons. The van der Waals surface area contributed by atoms with Gasteiger partial charge in [0.25, 0.3) is 17.7 Å². The number of amidine groups is 1. The molecule has 10 nitrogen and oxygen atoms in total. The van der Waals surface area contributed by atoms with Gasteiger partial charge in [-0.3, -0.25) is 14.4 Å². The highest BCUT2D eigenvalue weighted by atomic mass is 35.5. The molecule has 0 aliphatic carbocycles. The minimum atomic E-state index is -1.34. The fourth-order valence-corrected chi connectivity index (χ4v) is 7.17.